The summed E-state index contributed by atoms with van der Waals surface area (Å²) in [5, 5.41) is 25.4. The highest BCUT2D eigenvalue weighted by Gasteiger charge is 2.37. The van der Waals surface area contributed by atoms with Gasteiger partial charge in [0.05, 0.1) is 12.1 Å². The second kappa shape index (κ2) is 9.73. The van der Waals surface area contributed by atoms with E-state index in [1.165, 1.54) is 18.4 Å². The molecule has 1 saturated carbocycles. The first-order valence-corrected chi connectivity index (χ1v) is 10.2. The van der Waals surface area contributed by atoms with Crippen LogP contribution >= 0.6 is 0 Å². The number of hydrogen-bond acceptors (Lipinski definition) is 4. The zero-order valence-corrected chi connectivity index (χ0v) is 16.2. The van der Waals surface area contributed by atoms with Gasteiger partial charge in [0.1, 0.15) is 5.75 Å². The quantitative estimate of drug-likeness (QED) is 0.540. The van der Waals surface area contributed by atoms with Gasteiger partial charge < -0.3 is 20.8 Å². The van der Waals surface area contributed by atoms with E-state index in [-0.39, 0.29) is 29.5 Å². The van der Waals surface area contributed by atoms with Crippen molar-refractivity contribution in [1.82, 2.24) is 10.6 Å². The van der Waals surface area contributed by atoms with Gasteiger partial charge in [-0.3, -0.25) is 9.59 Å². The van der Waals surface area contributed by atoms with Crippen molar-refractivity contribution in [2.45, 2.75) is 63.5 Å². The molecule has 0 saturated heterocycles. The number of benzene rings is 1. The Morgan fingerprint density at radius 3 is 2.61 bits per heavy atom. The monoisotopic (exact) mass is 386 g/mol. The average Bonchev–Trinajstić information content (AvgIpc) is 3.07. The molecule has 0 aromatic heterocycles. The second-order valence-electron chi connectivity index (χ2n) is 7.90. The van der Waals surface area contributed by atoms with Crippen LogP contribution < -0.4 is 10.6 Å². The molecule has 0 heterocycles. The number of aliphatic hydroxyl groups excluding tert-OH is 1. The van der Waals surface area contributed by atoms with Crippen molar-refractivity contribution >= 4 is 11.8 Å². The van der Waals surface area contributed by atoms with Crippen LogP contribution in [-0.4, -0.2) is 40.7 Å². The van der Waals surface area contributed by atoms with Gasteiger partial charge in [0.25, 0.3) is 0 Å². The highest BCUT2D eigenvalue weighted by atomic mass is 16.3. The Morgan fingerprint density at radius 1 is 1.11 bits per heavy atom. The maximum absolute atomic E-state index is 12.4. The molecule has 1 fully saturated rings. The third kappa shape index (κ3) is 5.83. The minimum atomic E-state index is -0.692. The standard InChI is InChI=1S/C22H30N2O4/c25-18-9-6-15(7-10-18)8-11-21(27)24-19-12-17(13-20(19)26)22(28)23-14-16-4-2-1-3-5-16/h4,6-7,9-10,17,19-20,25-26H,1-3,5,8,11-14H2,(H,23,28)(H,24,27)/t17-,19-,20-/m0/s1. The van der Waals surface area contributed by atoms with Crippen LogP contribution in [0.1, 0.15) is 50.5 Å². The summed E-state index contributed by atoms with van der Waals surface area (Å²) >= 11 is 0. The molecule has 0 unspecified atom stereocenters. The van der Waals surface area contributed by atoms with Crippen LogP contribution in [0.2, 0.25) is 0 Å². The van der Waals surface area contributed by atoms with Crippen molar-refractivity contribution in [1.29, 1.82) is 0 Å². The molecule has 152 valence electrons. The van der Waals surface area contributed by atoms with Gasteiger partial charge in [-0.05, 0) is 62.6 Å². The molecule has 6 nitrogen and oxygen atoms in total. The Labute approximate surface area is 166 Å². The number of allylic oxidation sites excluding steroid dienone is 1. The molecule has 3 rings (SSSR count). The second-order valence-corrected chi connectivity index (χ2v) is 7.90. The van der Waals surface area contributed by atoms with Crippen LogP contribution in [-0.2, 0) is 16.0 Å². The molecule has 1 aromatic rings. The minimum absolute atomic E-state index is 0.0358. The lowest BCUT2D eigenvalue weighted by atomic mass is 9.99. The van der Waals surface area contributed by atoms with Crippen LogP contribution in [0.5, 0.6) is 5.75 Å². The summed E-state index contributed by atoms with van der Waals surface area (Å²) in [4.78, 5) is 24.6. The Kier molecular flexibility index (Phi) is 7.09. The van der Waals surface area contributed by atoms with Crippen LogP contribution in [0.15, 0.2) is 35.9 Å². The van der Waals surface area contributed by atoms with E-state index < -0.39 is 6.10 Å². The number of hydrogen-bond donors (Lipinski definition) is 4. The molecule has 0 bridgehead atoms. The van der Waals surface area contributed by atoms with Gasteiger partial charge in [-0.1, -0.05) is 23.8 Å². The summed E-state index contributed by atoms with van der Waals surface area (Å²) in [6, 6.07) is 6.39. The smallest absolute Gasteiger partial charge is 0.223 e. The largest absolute Gasteiger partial charge is 0.508 e. The van der Waals surface area contributed by atoms with Gasteiger partial charge in [0.15, 0.2) is 0 Å². The van der Waals surface area contributed by atoms with E-state index in [2.05, 4.69) is 16.7 Å². The molecule has 0 aliphatic heterocycles. The van der Waals surface area contributed by atoms with Gasteiger partial charge in [-0.25, -0.2) is 0 Å². The molecule has 1 aromatic carbocycles. The SMILES string of the molecule is O=C(CCc1ccc(O)cc1)N[C@H]1C[C@H](C(=O)NCC2=CCCCC2)C[C@@H]1O. The van der Waals surface area contributed by atoms with Crippen molar-refractivity contribution in [3.8, 4) is 5.75 Å². The zero-order chi connectivity index (χ0) is 19.9. The summed E-state index contributed by atoms with van der Waals surface area (Å²) in [5.41, 5.74) is 2.26. The van der Waals surface area contributed by atoms with Crippen molar-refractivity contribution < 1.29 is 19.8 Å². The van der Waals surface area contributed by atoms with Crippen molar-refractivity contribution in [3.05, 3.63) is 41.5 Å². The van der Waals surface area contributed by atoms with Crippen LogP contribution in [0.4, 0.5) is 0 Å². The first kappa shape index (κ1) is 20.4. The number of phenols is 1. The van der Waals surface area contributed by atoms with Crippen molar-refractivity contribution in [2.24, 2.45) is 5.92 Å². The molecule has 6 heteroatoms. The van der Waals surface area contributed by atoms with Gasteiger partial charge >= 0.3 is 0 Å². The third-order valence-electron chi connectivity index (χ3n) is 5.70. The Morgan fingerprint density at radius 2 is 1.89 bits per heavy atom. The molecule has 28 heavy (non-hydrogen) atoms. The lowest BCUT2D eigenvalue weighted by Gasteiger charge is -2.17. The number of carbonyl (C=O) groups is 2. The fourth-order valence-electron chi connectivity index (χ4n) is 3.99. The van der Waals surface area contributed by atoms with Gasteiger partial charge in [0, 0.05) is 18.9 Å². The molecule has 0 radical (unpaired) electrons. The van der Waals surface area contributed by atoms with E-state index in [1.807, 2.05) is 0 Å². The van der Waals surface area contributed by atoms with Gasteiger partial charge in [0.2, 0.25) is 11.8 Å². The third-order valence-corrected chi connectivity index (χ3v) is 5.70. The molecule has 0 spiro atoms. The zero-order valence-electron chi connectivity index (χ0n) is 16.2. The molecule has 2 aliphatic carbocycles. The van der Waals surface area contributed by atoms with E-state index in [1.54, 1.807) is 24.3 Å². The number of aromatic hydroxyl groups is 1. The van der Waals surface area contributed by atoms with E-state index >= 15 is 0 Å². The number of aryl methyl sites for hydroxylation is 1. The van der Waals surface area contributed by atoms with E-state index in [9.17, 15) is 19.8 Å². The normalized spacial score (nSPS) is 24.5. The van der Waals surface area contributed by atoms with E-state index in [0.29, 0.717) is 32.2 Å². The highest BCUT2D eigenvalue weighted by molar-refractivity contribution is 5.80. The average molecular weight is 386 g/mol. The maximum Gasteiger partial charge on any atom is 0.223 e. The first-order chi connectivity index (χ1) is 13.5. The number of amides is 2. The molecular weight excluding hydrogens is 356 g/mol. The van der Waals surface area contributed by atoms with Crippen LogP contribution in [0.25, 0.3) is 0 Å². The molecule has 2 aliphatic rings. The Bertz CT molecular complexity index is 714. The van der Waals surface area contributed by atoms with Gasteiger partial charge in [-0.15, -0.1) is 0 Å². The Balaban J connectivity index is 1.41. The van der Waals surface area contributed by atoms with Crippen molar-refractivity contribution in [3.63, 3.8) is 0 Å². The van der Waals surface area contributed by atoms with E-state index in [0.717, 1.165) is 18.4 Å². The van der Waals surface area contributed by atoms with Crippen molar-refractivity contribution in [2.75, 3.05) is 6.54 Å². The summed E-state index contributed by atoms with van der Waals surface area (Å²) in [6.45, 7) is 0.592. The number of phenolic OH excluding ortho intramolecular Hbond substituents is 1. The summed E-state index contributed by atoms with van der Waals surface area (Å²) < 4.78 is 0. The number of rotatable bonds is 7. The molecule has 4 N–H and O–H groups in total. The Hall–Kier alpha value is -2.34. The summed E-state index contributed by atoms with van der Waals surface area (Å²) in [6.07, 6.45) is 7.78. The lowest BCUT2D eigenvalue weighted by molar-refractivity contribution is -0.125. The maximum atomic E-state index is 12.4. The fourth-order valence-corrected chi connectivity index (χ4v) is 3.99. The number of aliphatic hydroxyl groups is 1. The minimum Gasteiger partial charge on any atom is -0.508 e. The topological polar surface area (TPSA) is 98.7 Å². The van der Waals surface area contributed by atoms with Crippen LogP contribution in [0.3, 0.4) is 0 Å². The summed E-state index contributed by atoms with van der Waals surface area (Å²) in [5.74, 6) is -0.232. The number of carbonyl (C=O) groups excluding carboxylic acids is 2. The predicted molar refractivity (Wildman–Crippen MR) is 107 cm³/mol. The first-order valence-electron chi connectivity index (χ1n) is 10.2. The van der Waals surface area contributed by atoms with Crippen LogP contribution in [0, 0.1) is 5.92 Å². The predicted octanol–water partition coefficient (Wildman–Crippen LogP) is 2.20. The van der Waals surface area contributed by atoms with E-state index in [4.69, 9.17) is 0 Å². The highest BCUT2D eigenvalue weighted by Crippen LogP contribution is 2.27. The van der Waals surface area contributed by atoms with Gasteiger partial charge in [-0.2, -0.15) is 0 Å². The number of nitrogens with one attached hydrogen (secondary N) is 2. The lowest BCUT2D eigenvalue weighted by Crippen LogP contribution is -2.40. The summed E-state index contributed by atoms with van der Waals surface area (Å²) in [7, 11) is 0. The molecule has 2 amide bonds. The molecular formula is C22H30N2O4. The fraction of sp³-hybridized carbons (Fsp3) is 0.545. The molecule has 3 atom stereocenters.